The number of aliphatic hydroxyl groups is 1. The predicted octanol–water partition coefficient (Wildman–Crippen LogP) is 1.08. The number of hydrogen-bond donors (Lipinski definition) is 2. The highest BCUT2D eigenvalue weighted by molar-refractivity contribution is 5.69. The average molecular weight is 229 g/mol. The molecule has 0 amide bonds. The summed E-state index contributed by atoms with van der Waals surface area (Å²) in [6.07, 6.45) is 3.19. The first-order chi connectivity index (χ1) is 7.61. The van der Waals surface area contributed by atoms with Crippen molar-refractivity contribution in [3.8, 4) is 0 Å². The van der Waals surface area contributed by atoms with Gasteiger partial charge in [0.25, 0.3) is 0 Å². The number of carbonyl (C=O) groups excluding carboxylic acids is 1. The fourth-order valence-electron chi connectivity index (χ4n) is 2.14. The van der Waals surface area contributed by atoms with E-state index in [1.54, 1.807) is 0 Å². The van der Waals surface area contributed by atoms with Crippen molar-refractivity contribution < 1.29 is 14.6 Å². The average Bonchev–Trinajstić information content (AvgIpc) is 2.61. The second-order valence-electron chi connectivity index (χ2n) is 4.65. The molecule has 4 nitrogen and oxygen atoms in total. The Bertz CT molecular complexity index is 220. The van der Waals surface area contributed by atoms with Crippen LogP contribution in [0.4, 0.5) is 0 Å². The van der Waals surface area contributed by atoms with Gasteiger partial charge >= 0.3 is 5.97 Å². The van der Waals surface area contributed by atoms with Crippen molar-refractivity contribution >= 4 is 5.97 Å². The van der Waals surface area contributed by atoms with Crippen LogP contribution in [0, 0.1) is 5.92 Å². The number of nitrogens with one attached hydrogen (secondary N) is 1. The molecule has 16 heavy (non-hydrogen) atoms. The van der Waals surface area contributed by atoms with Gasteiger partial charge in [-0.2, -0.15) is 0 Å². The molecule has 0 heterocycles. The summed E-state index contributed by atoms with van der Waals surface area (Å²) in [5.41, 5.74) is 0. The number of rotatable bonds is 6. The van der Waals surface area contributed by atoms with Gasteiger partial charge in [0.1, 0.15) is 0 Å². The van der Waals surface area contributed by atoms with E-state index in [2.05, 4.69) is 5.32 Å². The van der Waals surface area contributed by atoms with Gasteiger partial charge < -0.3 is 15.2 Å². The molecule has 94 valence electrons. The van der Waals surface area contributed by atoms with E-state index in [0.717, 1.165) is 25.8 Å². The van der Waals surface area contributed by atoms with Crippen LogP contribution in [0.25, 0.3) is 0 Å². The lowest BCUT2D eigenvalue weighted by Crippen LogP contribution is -2.32. The van der Waals surface area contributed by atoms with Crippen molar-refractivity contribution in [2.24, 2.45) is 5.92 Å². The maximum absolute atomic E-state index is 11.2. The molecule has 1 aliphatic rings. The lowest BCUT2D eigenvalue weighted by atomic mass is 10.1. The van der Waals surface area contributed by atoms with Crippen LogP contribution in [-0.2, 0) is 9.53 Å². The van der Waals surface area contributed by atoms with Crippen LogP contribution >= 0.6 is 0 Å². The van der Waals surface area contributed by atoms with Crippen molar-refractivity contribution in [2.45, 2.75) is 51.7 Å². The van der Waals surface area contributed by atoms with Crippen LogP contribution in [0.5, 0.6) is 0 Å². The molecule has 3 unspecified atom stereocenters. The molecule has 0 spiro atoms. The largest absolute Gasteiger partial charge is 0.466 e. The second-order valence-corrected chi connectivity index (χ2v) is 4.65. The highest BCUT2D eigenvalue weighted by atomic mass is 16.5. The summed E-state index contributed by atoms with van der Waals surface area (Å²) in [4.78, 5) is 11.2. The molecule has 0 aromatic rings. The predicted molar refractivity (Wildman–Crippen MR) is 62.1 cm³/mol. The summed E-state index contributed by atoms with van der Waals surface area (Å²) in [5, 5.41) is 12.7. The highest BCUT2D eigenvalue weighted by Crippen LogP contribution is 2.24. The fourth-order valence-corrected chi connectivity index (χ4v) is 2.14. The molecule has 0 radical (unpaired) electrons. The first-order valence-electron chi connectivity index (χ1n) is 6.18. The minimum atomic E-state index is -0.144. The Morgan fingerprint density at radius 1 is 1.56 bits per heavy atom. The van der Waals surface area contributed by atoms with Gasteiger partial charge in [0.2, 0.25) is 0 Å². The zero-order valence-electron chi connectivity index (χ0n) is 10.2. The van der Waals surface area contributed by atoms with Crippen LogP contribution in [0.1, 0.15) is 39.5 Å². The molecule has 4 heteroatoms. The zero-order chi connectivity index (χ0) is 12.0. The van der Waals surface area contributed by atoms with Gasteiger partial charge in [0, 0.05) is 6.04 Å². The molecule has 2 N–H and O–H groups in total. The Labute approximate surface area is 97.4 Å². The zero-order valence-corrected chi connectivity index (χ0v) is 10.2. The molecular formula is C12H23NO3. The normalized spacial score (nSPS) is 26.7. The number of ether oxygens (including phenoxy) is 1. The van der Waals surface area contributed by atoms with E-state index in [1.165, 1.54) is 0 Å². The third-order valence-electron chi connectivity index (χ3n) is 3.05. The standard InChI is InChI=1S/C12H23NO3/c1-3-16-12(15)6-9(2)13-8-10-4-5-11(14)7-10/h9-11,13-14H,3-8H2,1-2H3. The van der Waals surface area contributed by atoms with Gasteiger partial charge in [-0.05, 0) is 45.6 Å². The summed E-state index contributed by atoms with van der Waals surface area (Å²) >= 11 is 0. The summed E-state index contributed by atoms with van der Waals surface area (Å²) in [6.45, 7) is 5.14. The van der Waals surface area contributed by atoms with Crippen LogP contribution in [-0.4, -0.2) is 36.4 Å². The SMILES string of the molecule is CCOC(=O)CC(C)NCC1CCC(O)C1. The Balaban J connectivity index is 2.10. The minimum absolute atomic E-state index is 0.118. The van der Waals surface area contributed by atoms with Gasteiger partial charge in [0.15, 0.2) is 0 Å². The van der Waals surface area contributed by atoms with Crippen molar-refractivity contribution in [3.05, 3.63) is 0 Å². The molecule has 0 aliphatic heterocycles. The number of carbonyl (C=O) groups is 1. The first-order valence-corrected chi connectivity index (χ1v) is 6.18. The van der Waals surface area contributed by atoms with Crippen LogP contribution in [0.2, 0.25) is 0 Å². The van der Waals surface area contributed by atoms with E-state index >= 15 is 0 Å². The molecule has 0 saturated heterocycles. The van der Waals surface area contributed by atoms with Gasteiger partial charge in [-0.15, -0.1) is 0 Å². The van der Waals surface area contributed by atoms with Crippen LogP contribution in [0.15, 0.2) is 0 Å². The smallest absolute Gasteiger partial charge is 0.307 e. The van der Waals surface area contributed by atoms with Gasteiger partial charge in [-0.1, -0.05) is 0 Å². The number of hydrogen-bond acceptors (Lipinski definition) is 4. The topological polar surface area (TPSA) is 58.6 Å². The Kier molecular flexibility index (Phi) is 5.77. The van der Waals surface area contributed by atoms with Gasteiger partial charge in [0.05, 0.1) is 19.1 Å². The number of esters is 1. The fraction of sp³-hybridized carbons (Fsp3) is 0.917. The quantitative estimate of drug-likeness (QED) is 0.669. The van der Waals surface area contributed by atoms with Crippen molar-refractivity contribution in [2.75, 3.05) is 13.2 Å². The van der Waals surface area contributed by atoms with E-state index < -0.39 is 0 Å². The molecule has 1 aliphatic carbocycles. The van der Waals surface area contributed by atoms with Crippen molar-refractivity contribution in [1.29, 1.82) is 0 Å². The molecule has 1 rings (SSSR count). The third kappa shape index (κ3) is 4.94. The highest BCUT2D eigenvalue weighted by Gasteiger charge is 2.23. The van der Waals surface area contributed by atoms with Crippen LogP contribution < -0.4 is 5.32 Å². The molecule has 1 fully saturated rings. The van der Waals surface area contributed by atoms with Crippen molar-refractivity contribution in [1.82, 2.24) is 5.32 Å². The van der Waals surface area contributed by atoms with E-state index in [9.17, 15) is 9.90 Å². The third-order valence-corrected chi connectivity index (χ3v) is 3.05. The maximum atomic E-state index is 11.2. The maximum Gasteiger partial charge on any atom is 0.307 e. The Morgan fingerprint density at radius 2 is 2.31 bits per heavy atom. The first kappa shape index (κ1) is 13.5. The molecule has 0 aromatic carbocycles. The Hall–Kier alpha value is -0.610. The van der Waals surface area contributed by atoms with Gasteiger partial charge in [-0.3, -0.25) is 4.79 Å². The lowest BCUT2D eigenvalue weighted by molar-refractivity contribution is -0.143. The van der Waals surface area contributed by atoms with Crippen molar-refractivity contribution in [3.63, 3.8) is 0 Å². The van der Waals surface area contributed by atoms with E-state index in [-0.39, 0.29) is 18.1 Å². The molecule has 0 aromatic heterocycles. The summed E-state index contributed by atoms with van der Waals surface area (Å²) in [6, 6.07) is 0.150. The summed E-state index contributed by atoms with van der Waals surface area (Å²) in [7, 11) is 0. The molecule has 3 atom stereocenters. The van der Waals surface area contributed by atoms with Gasteiger partial charge in [-0.25, -0.2) is 0 Å². The van der Waals surface area contributed by atoms with E-state index in [1.807, 2.05) is 13.8 Å². The summed E-state index contributed by atoms with van der Waals surface area (Å²) < 4.78 is 4.88. The summed E-state index contributed by atoms with van der Waals surface area (Å²) in [5.74, 6) is 0.411. The number of aliphatic hydroxyl groups excluding tert-OH is 1. The Morgan fingerprint density at radius 3 is 2.88 bits per heavy atom. The minimum Gasteiger partial charge on any atom is -0.466 e. The molecule has 0 bridgehead atoms. The van der Waals surface area contributed by atoms with E-state index in [0.29, 0.717) is 18.9 Å². The molecule has 1 saturated carbocycles. The monoisotopic (exact) mass is 229 g/mol. The molecular weight excluding hydrogens is 206 g/mol. The van der Waals surface area contributed by atoms with Crippen LogP contribution in [0.3, 0.4) is 0 Å². The lowest BCUT2D eigenvalue weighted by Gasteiger charge is -2.16. The second kappa shape index (κ2) is 6.86. The van der Waals surface area contributed by atoms with E-state index in [4.69, 9.17) is 4.74 Å².